The van der Waals surface area contributed by atoms with Gasteiger partial charge in [-0.3, -0.25) is 14.4 Å². The summed E-state index contributed by atoms with van der Waals surface area (Å²) < 4.78 is 23.2. The molecule has 1 fully saturated rings. The normalized spacial score (nSPS) is 19.1. The van der Waals surface area contributed by atoms with Crippen molar-refractivity contribution in [1.29, 1.82) is 0 Å². The van der Waals surface area contributed by atoms with Crippen LogP contribution >= 0.6 is 11.3 Å². The van der Waals surface area contributed by atoms with E-state index in [4.69, 9.17) is 18.9 Å². The molecule has 8 rings (SSSR count). The quantitative estimate of drug-likeness (QED) is 0.453. The van der Waals surface area contributed by atoms with E-state index in [1.165, 1.54) is 7.11 Å². The molecule has 0 unspecified atom stereocenters. The molecule has 5 aliphatic rings. The highest BCUT2D eigenvalue weighted by atomic mass is 32.1. The molecule has 1 saturated heterocycles. The fourth-order valence-corrected chi connectivity index (χ4v) is 5.84. The highest BCUT2D eigenvalue weighted by molar-refractivity contribution is 7.09. The van der Waals surface area contributed by atoms with Crippen molar-refractivity contribution in [3.63, 3.8) is 0 Å². The Balaban J connectivity index is 1.36. The first kappa shape index (κ1) is 30.1. The summed E-state index contributed by atoms with van der Waals surface area (Å²) in [4.78, 5) is 45.0. The maximum absolute atomic E-state index is 13.2. The molecule has 43 heavy (non-hydrogen) atoms. The smallest absolute Gasteiger partial charge is 0.258 e. The van der Waals surface area contributed by atoms with Gasteiger partial charge >= 0.3 is 0 Å². The molecular formula is C31H36N4O7S. The van der Waals surface area contributed by atoms with Crippen molar-refractivity contribution < 1.29 is 33.3 Å². The Morgan fingerprint density at radius 1 is 1.07 bits per heavy atom. The molecule has 0 radical (unpaired) electrons. The minimum Gasteiger partial charge on any atom is -0.496 e. The average Bonchev–Trinajstić information content (AvgIpc) is 3.61. The van der Waals surface area contributed by atoms with Crippen LogP contribution in [0.25, 0.3) is 0 Å². The third-order valence-corrected chi connectivity index (χ3v) is 8.30. The fraction of sp³-hybridized carbons (Fsp3) is 0.419. The number of hydrogen-bond donors (Lipinski definition) is 2. The Morgan fingerprint density at radius 2 is 1.91 bits per heavy atom. The van der Waals surface area contributed by atoms with Crippen LogP contribution in [0.4, 0.5) is 0 Å². The number of thiazole rings is 1. The van der Waals surface area contributed by atoms with Crippen LogP contribution in [0.5, 0.6) is 23.0 Å². The number of amides is 3. The van der Waals surface area contributed by atoms with Crippen LogP contribution in [0.15, 0.2) is 41.8 Å². The lowest BCUT2D eigenvalue weighted by Gasteiger charge is -2.22. The van der Waals surface area contributed by atoms with Crippen LogP contribution < -0.4 is 29.6 Å². The van der Waals surface area contributed by atoms with Gasteiger partial charge in [-0.25, -0.2) is 4.98 Å². The topological polar surface area (TPSA) is 128 Å². The number of hydrogen-bond acceptors (Lipinski definition) is 9. The van der Waals surface area contributed by atoms with E-state index in [0.29, 0.717) is 61.9 Å². The second-order valence-corrected chi connectivity index (χ2v) is 11.6. The third kappa shape index (κ3) is 7.75. The summed E-state index contributed by atoms with van der Waals surface area (Å²) in [5, 5.41) is 8.89. The van der Waals surface area contributed by atoms with E-state index in [0.717, 1.165) is 21.8 Å². The van der Waals surface area contributed by atoms with Crippen molar-refractivity contribution in [2.75, 3.05) is 33.9 Å². The van der Waals surface area contributed by atoms with Crippen LogP contribution in [0.1, 0.15) is 34.7 Å². The van der Waals surface area contributed by atoms with Crippen LogP contribution in [-0.2, 0) is 33.8 Å². The molecule has 0 spiro atoms. The van der Waals surface area contributed by atoms with E-state index in [1.54, 1.807) is 47.6 Å². The monoisotopic (exact) mass is 608 g/mol. The van der Waals surface area contributed by atoms with Crippen molar-refractivity contribution in [3.05, 3.63) is 63.6 Å². The van der Waals surface area contributed by atoms with Crippen LogP contribution in [-0.4, -0.2) is 73.7 Å². The van der Waals surface area contributed by atoms with E-state index in [2.05, 4.69) is 15.6 Å². The molecule has 3 aromatic rings. The lowest BCUT2D eigenvalue weighted by molar-refractivity contribution is -0.130. The predicted molar refractivity (Wildman–Crippen MR) is 160 cm³/mol. The molecule has 2 atom stereocenters. The van der Waals surface area contributed by atoms with Gasteiger partial charge in [-0.1, -0.05) is 6.07 Å². The molecule has 0 saturated carbocycles. The lowest BCUT2D eigenvalue weighted by atomic mass is 10.1. The summed E-state index contributed by atoms with van der Waals surface area (Å²) in [5.74, 6) is 1.49. The number of ether oxygens (including phenoxy) is 4. The summed E-state index contributed by atoms with van der Waals surface area (Å²) in [6, 6.07) is 10.3. The van der Waals surface area contributed by atoms with E-state index in [-0.39, 0.29) is 30.7 Å². The predicted octanol–water partition coefficient (Wildman–Crippen LogP) is 2.82. The van der Waals surface area contributed by atoms with Gasteiger partial charge in [0.1, 0.15) is 17.6 Å². The Labute approximate surface area is 254 Å². The molecule has 11 nitrogen and oxygen atoms in total. The van der Waals surface area contributed by atoms with Crippen LogP contribution in [0.3, 0.4) is 0 Å². The van der Waals surface area contributed by atoms with Crippen molar-refractivity contribution >= 4 is 29.1 Å². The minimum atomic E-state index is -0.510. The SMILES string of the molecule is COc1cc2ccc1CNC(=O)CCc1ccc(c(OC)c1)OCC(=O)N[C@@H]1CN(C(=O)CCc3csc(C)n3)C[C@H]1O2. The van der Waals surface area contributed by atoms with Gasteiger partial charge < -0.3 is 34.5 Å². The number of nitrogens with one attached hydrogen (secondary N) is 2. The van der Waals surface area contributed by atoms with E-state index in [1.807, 2.05) is 24.4 Å². The number of carbonyl (C=O) groups excluding carboxylic acids is 3. The zero-order valence-corrected chi connectivity index (χ0v) is 25.3. The number of methoxy groups -OCH3 is 2. The molecule has 4 bridgehead atoms. The standard InChI is InChI=1S/C31H36N4O7S/c1-19-33-22(18-43-19)7-11-31(38)35-15-24-28(16-35)42-23-8-6-21(26(13-23)39-2)14-32-29(36)10-5-20-4-9-25(27(12-20)40-3)41-17-30(37)34-24/h4,6,8-9,12-13,18,24,28H,5,7,10-11,14-17H2,1-3H3,(H,32,36)(H,34,37)/t24-,28-/m1/s1. The van der Waals surface area contributed by atoms with Crippen LogP contribution in [0, 0.1) is 6.92 Å². The highest BCUT2D eigenvalue weighted by Gasteiger charge is 2.38. The number of rotatable bonds is 5. The lowest BCUT2D eigenvalue weighted by Crippen LogP contribution is -2.46. The Kier molecular flexibility index (Phi) is 9.65. The Morgan fingerprint density at radius 3 is 2.67 bits per heavy atom. The van der Waals surface area contributed by atoms with Gasteiger partial charge in [-0.05, 0) is 49.6 Å². The largest absolute Gasteiger partial charge is 0.496 e. The minimum absolute atomic E-state index is 0.0359. The second kappa shape index (κ2) is 13.8. The number of carbonyl (C=O) groups is 3. The van der Waals surface area contributed by atoms with E-state index >= 15 is 0 Å². The molecule has 12 heteroatoms. The molecule has 3 amide bonds. The van der Waals surface area contributed by atoms with Crippen molar-refractivity contribution in [1.82, 2.24) is 20.5 Å². The second-order valence-electron chi connectivity index (χ2n) is 10.5. The molecule has 228 valence electrons. The van der Waals surface area contributed by atoms with E-state index < -0.39 is 12.1 Å². The first-order valence-corrected chi connectivity index (χ1v) is 15.1. The van der Waals surface area contributed by atoms with Crippen molar-refractivity contribution in [2.24, 2.45) is 0 Å². The van der Waals surface area contributed by atoms with E-state index in [9.17, 15) is 14.4 Å². The summed E-state index contributed by atoms with van der Waals surface area (Å²) in [5.41, 5.74) is 2.60. The Hall–Kier alpha value is -4.32. The Bertz CT molecular complexity index is 1480. The average molecular weight is 609 g/mol. The molecule has 1 aromatic heterocycles. The van der Waals surface area contributed by atoms with Gasteiger partial charge in [0.2, 0.25) is 11.8 Å². The third-order valence-electron chi connectivity index (χ3n) is 7.48. The molecule has 6 heterocycles. The summed E-state index contributed by atoms with van der Waals surface area (Å²) in [7, 11) is 3.08. The van der Waals surface area contributed by atoms with Crippen molar-refractivity contribution in [3.8, 4) is 23.0 Å². The van der Waals surface area contributed by atoms with Gasteiger partial charge in [0.15, 0.2) is 18.1 Å². The number of nitrogens with zero attached hydrogens (tertiary/aromatic N) is 2. The van der Waals surface area contributed by atoms with Crippen molar-refractivity contribution in [2.45, 2.75) is 51.3 Å². The number of benzene rings is 2. The van der Waals surface area contributed by atoms with Gasteiger partial charge in [0.05, 0.1) is 37.5 Å². The fourth-order valence-electron chi connectivity index (χ4n) is 5.19. The number of aryl methyl sites for hydroxylation is 3. The first-order chi connectivity index (χ1) is 20.8. The zero-order chi connectivity index (χ0) is 30.3. The maximum atomic E-state index is 13.2. The summed E-state index contributed by atoms with van der Waals surface area (Å²) in [6.07, 6.45) is 1.14. The van der Waals surface area contributed by atoms with Crippen LogP contribution in [0.2, 0.25) is 0 Å². The highest BCUT2D eigenvalue weighted by Crippen LogP contribution is 2.30. The van der Waals surface area contributed by atoms with Gasteiger partial charge in [-0.2, -0.15) is 0 Å². The van der Waals surface area contributed by atoms with Gasteiger partial charge in [0.25, 0.3) is 5.91 Å². The summed E-state index contributed by atoms with van der Waals surface area (Å²) in [6.45, 7) is 2.58. The molecule has 2 aromatic carbocycles. The summed E-state index contributed by atoms with van der Waals surface area (Å²) >= 11 is 1.56. The number of aromatic nitrogens is 1. The molecule has 2 N–H and O–H groups in total. The first-order valence-electron chi connectivity index (χ1n) is 14.2. The molecule has 0 aliphatic carbocycles. The zero-order valence-electron chi connectivity index (χ0n) is 24.5. The van der Waals surface area contributed by atoms with Gasteiger partial charge in [0, 0.05) is 42.9 Å². The molecule has 5 aliphatic heterocycles. The molecular weight excluding hydrogens is 572 g/mol. The number of likely N-dealkylation sites (tertiary alicyclic amines) is 1. The maximum Gasteiger partial charge on any atom is 0.258 e. The van der Waals surface area contributed by atoms with Gasteiger partial charge in [-0.15, -0.1) is 11.3 Å².